The van der Waals surface area contributed by atoms with Gasteiger partial charge in [0.1, 0.15) is 11.4 Å². The van der Waals surface area contributed by atoms with Crippen molar-refractivity contribution < 1.29 is 14.3 Å². The molecule has 0 saturated carbocycles. The first-order chi connectivity index (χ1) is 13.7. The smallest absolute Gasteiger partial charge is 0.413 e. The molecule has 0 unspecified atom stereocenters. The lowest BCUT2D eigenvalue weighted by Crippen LogP contribution is -2.26. The molecule has 3 aromatic heterocycles. The van der Waals surface area contributed by atoms with Crippen molar-refractivity contribution in [1.82, 2.24) is 15.3 Å². The summed E-state index contributed by atoms with van der Waals surface area (Å²) in [4.78, 5) is 19.6. The van der Waals surface area contributed by atoms with Crippen LogP contribution in [-0.4, -0.2) is 23.2 Å². The van der Waals surface area contributed by atoms with Crippen molar-refractivity contribution in [2.24, 2.45) is 0 Å². The van der Waals surface area contributed by atoms with E-state index in [1.165, 1.54) is 11.3 Å². The number of hydrogen-bond donors (Lipinski definition) is 3. The number of H-pyrrole nitrogens is 1. The lowest BCUT2D eigenvalue weighted by molar-refractivity contribution is 0.201. The highest BCUT2D eigenvalue weighted by Crippen LogP contribution is 2.35. The average Bonchev–Trinajstić information content (AvgIpc) is 3.37. The Hall–Kier alpha value is -3.52. The van der Waals surface area contributed by atoms with E-state index >= 15 is 0 Å². The van der Waals surface area contributed by atoms with Crippen LogP contribution < -0.4 is 20.1 Å². The summed E-state index contributed by atoms with van der Waals surface area (Å²) in [5.74, 6) is 0.742. The monoisotopic (exact) mass is 394 g/mol. The van der Waals surface area contributed by atoms with Crippen molar-refractivity contribution in [2.45, 2.75) is 6.54 Å². The van der Waals surface area contributed by atoms with Gasteiger partial charge >= 0.3 is 6.09 Å². The minimum Gasteiger partial charge on any atom is -0.497 e. The van der Waals surface area contributed by atoms with Gasteiger partial charge in [-0.2, -0.15) is 0 Å². The van der Waals surface area contributed by atoms with E-state index in [4.69, 9.17) is 9.47 Å². The minimum atomic E-state index is -0.519. The van der Waals surface area contributed by atoms with E-state index in [1.807, 2.05) is 54.0 Å². The van der Waals surface area contributed by atoms with E-state index < -0.39 is 6.09 Å². The number of nitrogens with one attached hydrogen (secondary N) is 3. The number of thiophene rings is 1. The Kier molecular flexibility index (Phi) is 5.11. The van der Waals surface area contributed by atoms with Crippen LogP contribution in [0, 0.1) is 0 Å². The summed E-state index contributed by atoms with van der Waals surface area (Å²) in [6, 6.07) is 13.2. The molecule has 0 fully saturated rings. The maximum atomic E-state index is 12.2. The zero-order valence-electron chi connectivity index (χ0n) is 15.1. The molecular weight excluding hydrogens is 376 g/mol. The summed E-state index contributed by atoms with van der Waals surface area (Å²) in [7, 11) is 1.61. The number of benzene rings is 1. The first-order valence-corrected chi connectivity index (χ1v) is 9.46. The quantitative estimate of drug-likeness (QED) is 0.442. The number of carbonyl (C=O) groups is 1. The molecular formula is C20H18N4O3S. The summed E-state index contributed by atoms with van der Waals surface area (Å²) in [5, 5.41) is 9.37. The third kappa shape index (κ3) is 3.91. The second-order valence-corrected chi connectivity index (χ2v) is 6.82. The Bertz CT molecular complexity index is 1110. The predicted molar refractivity (Wildman–Crippen MR) is 110 cm³/mol. The Morgan fingerprint density at radius 1 is 1.21 bits per heavy atom. The number of carbonyl (C=O) groups excluding carboxylic acids is 1. The molecule has 0 aliphatic heterocycles. The number of anilines is 2. The largest absolute Gasteiger partial charge is 0.497 e. The number of methoxy groups -OCH3 is 1. The van der Waals surface area contributed by atoms with E-state index in [-0.39, 0.29) is 0 Å². The molecule has 0 atom stereocenters. The molecule has 28 heavy (non-hydrogen) atoms. The summed E-state index contributed by atoms with van der Waals surface area (Å²) in [6.07, 6.45) is 3.03. The number of hydrogen-bond acceptors (Lipinski definition) is 6. The van der Waals surface area contributed by atoms with Gasteiger partial charge in [-0.1, -0.05) is 12.1 Å². The zero-order chi connectivity index (χ0) is 19.3. The number of nitrogens with zero attached hydrogens (tertiary/aromatic N) is 1. The molecule has 1 amide bonds. The van der Waals surface area contributed by atoms with Crippen LogP contribution in [0.15, 0.2) is 60.2 Å². The number of pyridine rings is 1. The number of amides is 1. The van der Waals surface area contributed by atoms with E-state index in [9.17, 15) is 4.79 Å². The lowest BCUT2D eigenvalue weighted by atomic mass is 10.2. The SMILES string of the molecule is COc1cccc(CNC(=O)Oc2sccc2Nc2ccnc3[nH]ccc23)c1. The van der Waals surface area contributed by atoms with Crippen LogP contribution >= 0.6 is 11.3 Å². The molecule has 0 aliphatic rings. The van der Waals surface area contributed by atoms with Gasteiger partial charge in [0, 0.05) is 24.3 Å². The molecule has 1 aromatic carbocycles. The Labute approximate surface area is 165 Å². The minimum absolute atomic E-state index is 0.346. The highest BCUT2D eigenvalue weighted by molar-refractivity contribution is 7.12. The van der Waals surface area contributed by atoms with Crippen LogP contribution in [-0.2, 0) is 6.54 Å². The van der Waals surface area contributed by atoms with Crippen molar-refractivity contribution >= 4 is 39.8 Å². The summed E-state index contributed by atoms with van der Waals surface area (Å²) < 4.78 is 10.7. The maximum absolute atomic E-state index is 12.2. The van der Waals surface area contributed by atoms with Crippen LogP contribution in [0.3, 0.4) is 0 Å². The summed E-state index contributed by atoms with van der Waals surface area (Å²) >= 11 is 1.34. The van der Waals surface area contributed by atoms with Gasteiger partial charge in [-0.15, -0.1) is 11.3 Å². The van der Waals surface area contributed by atoms with Crippen molar-refractivity contribution in [3.8, 4) is 10.8 Å². The summed E-state index contributed by atoms with van der Waals surface area (Å²) in [5.41, 5.74) is 3.31. The molecule has 0 spiro atoms. The number of aromatic nitrogens is 2. The predicted octanol–water partition coefficient (Wildman–Crippen LogP) is 4.67. The van der Waals surface area contributed by atoms with Crippen molar-refractivity contribution in [2.75, 3.05) is 12.4 Å². The lowest BCUT2D eigenvalue weighted by Gasteiger charge is -2.10. The Balaban J connectivity index is 1.41. The third-order valence-corrected chi connectivity index (χ3v) is 4.91. The zero-order valence-corrected chi connectivity index (χ0v) is 15.9. The van der Waals surface area contributed by atoms with Gasteiger partial charge in [0.25, 0.3) is 0 Å². The molecule has 3 heterocycles. The normalized spacial score (nSPS) is 10.6. The molecule has 7 nitrogen and oxygen atoms in total. The van der Waals surface area contributed by atoms with Gasteiger partial charge in [0.2, 0.25) is 5.06 Å². The van der Waals surface area contributed by atoms with Gasteiger partial charge in [0.05, 0.1) is 18.5 Å². The number of aromatic amines is 1. The highest BCUT2D eigenvalue weighted by atomic mass is 32.1. The first kappa shape index (κ1) is 17.9. The van der Waals surface area contributed by atoms with Crippen LogP contribution in [0.4, 0.5) is 16.2 Å². The number of rotatable bonds is 6. The highest BCUT2D eigenvalue weighted by Gasteiger charge is 2.13. The molecule has 4 aromatic rings. The third-order valence-electron chi connectivity index (χ3n) is 4.12. The average molecular weight is 394 g/mol. The molecule has 0 aliphatic carbocycles. The molecule has 0 saturated heterocycles. The van der Waals surface area contributed by atoms with Gasteiger partial charge < -0.3 is 25.1 Å². The van der Waals surface area contributed by atoms with Crippen molar-refractivity contribution in [3.63, 3.8) is 0 Å². The molecule has 8 heteroatoms. The van der Waals surface area contributed by atoms with Gasteiger partial charge in [-0.05, 0) is 41.3 Å². The molecule has 0 radical (unpaired) electrons. The second kappa shape index (κ2) is 8.01. The van der Waals surface area contributed by atoms with E-state index in [0.29, 0.717) is 11.6 Å². The molecule has 0 bridgehead atoms. The van der Waals surface area contributed by atoms with Crippen LogP contribution in [0.2, 0.25) is 0 Å². The van der Waals surface area contributed by atoms with Crippen LogP contribution in [0.5, 0.6) is 10.8 Å². The van der Waals surface area contributed by atoms with Gasteiger partial charge in [0.15, 0.2) is 0 Å². The number of ether oxygens (including phenoxy) is 2. The Morgan fingerprint density at radius 3 is 3.04 bits per heavy atom. The van der Waals surface area contributed by atoms with E-state index in [2.05, 4.69) is 20.6 Å². The van der Waals surface area contributed by atoms with Crippen LogP contribution in [0.25, 0.3) is 11.0 Å². The molecule has 3 N–H and O–H groups in total. The fraction of sp³-hybridized carbons (Fsp3) is 0.100. The molecule has 142 valence electrons. The van der Waals surface area contributed by atoms with Crippen LogP contribution in [0.1, 0.15) is 5.56 Å². The molecule has 4 rings (SSSR count). The topological polar surface area (TPSA) is 88.3 Å². The van der Waals surface area contributed by atoms with E-state index in [0.717, 1.165) is 33.7 Å². The van der Waals surface area contributed by atoms with Gasteiger partial charge in [-0.3, -0.25) is 0 Å². The fourth-order valence-corrected chi connectivity index (χ4v) is 3.46. The number of fused-ring (bicyclic) bond motifs is 1. The van der Waals surface area contributed by atoms with Crippen molar-refractivity contribution in [1.29, 1.82) is 0 Å². The fourth-order valence-electron chi connectivity index (χ4n) is 2.76. The van der Waals surface area contributed by atoms with E-state index in [1.54, 1.807) is 13.3 Å². The second-order valence-electron chi connectivity index (χ2n) is 5.94. The van der Waals surface area contributed by atoms with Crippen molar-refractivity contribution in [3.05, 3.63) is 65.8 Å². The summed E-state index contributed by atoms with van der Waals surface area (Å²) in [6.45, 7) is 0.346. The maximum Gasteiger partial charge on any atom is 0.413 e. The standard InChI is InChI=1S/C20H18N4O3S/c1-26-14-4-2-3-13(11-14)12-23-20(25)27-19-17(7-10-28-19)24-16-6-9-22-18-15(16)5-8-21-18/h2-11H,12H2,1H3,(H,23,25)(H2,21,22,24). The van der Waals surface area contributed by atoms with Gasteiger partial charge in [-0.25, -0.2) is 9.78 Å². The Morgan fingerprint density at radius 2 is 2.14 bits per heavy atom. The first-order valence-electron chi connectivity index (χ1n) is 8.58.